The van der Waals surface area contributed by atoms with Crippen LogP contribution in [0.2, 0.25) is 0 Å². The van der Waals surface area contributed by atoms with E-state index in [4.69, 9.17) is 9.52 Å². The molecular weight excluding hydrogens is 236 g/mol. The first-order valence-electron chi connectivity index (χ1n) is 5.13. The zero-order chi connectivity index (χ0) is 13.1. The molecule has 2 rings (SSSR count). The van der Waals surface area contributed by atoms with E-state index >= 15 is 0 Å². The van der Waals surface area contributed by atoms with Gasteiger partial charge in [-0.05, 0) is 30.3 Å². The van der Waals surface area contributed by atoms with Gasteiger partial charge < -0.3 is 14.3 Å². The number of hydrogen-bond donors (Lipinski definition) is 1. The van der Waals surface area contributed by atoms with Crippen molar-refractivity contribution in [3.63, 3.8) is 0 Å². The number of rotatable bonds is 3. The number of hydrogen-bond acceptors (Lipinski definition) is 4. The number of methoxy groups -OCH3 is 1. The Morgan fingerprint density at radius 2 is 2.06 bits per heavy atom. The third-order valence-corrected chi connectivity index (χ3v) is 2.46. The van der Waals surface area contributed by atoms with E-state index in [0.29, 0.717) is 11.3 Å². The van der Waals surface area contributed by atoms with Gasteiger partial charge in [-0.15, -0.1) is 0 Å². The molecule has 0 aliphatic carbocycles. The number of carbonyl (C=O) groups is 2. The maximum absolute atomic E-state index is 11.3. The Balaban J connectivity index is 2.55. The highest BCUT2D eigenvalue weighted by Crippen LogP contribution is 2.25. The molecule has 5 heteroatoms. The topological polar surface area (TPSA) is 76.7 Å². The highest BCUT2D eigenvalue weighted by molar-refractivity contribution is 5.99. The standard InChI is InChI=1S/C13H10O5/c1-17-13(16)8-4-5-9(10(7-8)12(14)15)11-3-2-6-18-11/h2-7H,1H3,(H,14,15). The Bertz CT molecular complexity index is 583. The minimum absolute atomic E-state index is 0.00662. The van der Waals surface area contributed by atoms with Gasteiger partial charge >= 0.3 is 11.9 Å². The number of aromatic carboxylic acids is 1. The normalized spacial score (nSPS) is 10.1. The van der Waals surface area contributed by atoms with Crippen LogP contribution in [0.3, 0.4) is 0 Å². The molecule has 0 atom stereocenters. The van der Waals surface area contributed by atoms with Crippen LogP contribution >= 0.6 is 0 Å². The molecule has 0 aliphatic heterocycles. The highest BCUT2D eigenvalue weighted by atomic mass is 16.5. The van der Waals surface area contributed by atoms with E-state index in [1.165, 1.54) is 31.6 Å². The molecule has 1 aromatic carbocycles. The Hall–Kier alpha value is -2.56. The second kappa shape index (κ2) is 4.75. The number of furan rings is 1. The lowest BCUT2D eigenvalue weighted by Crippen LogP contribution is -2.06. The predicted molar refractivity (Wildman–Crippen MR) is 62.4 cm³/mol. The van der Waals surface area contributed by atoms with Crippen LogP contribution in [-0.4, -0.2) is 24.2 Å². The lowest BCUT2D eigenvalue weighted by Gasteiger charge is -2.05. The van der Waals surface area contributed by atoms with Gasteiger partial charge in [-0.2, -0.15) is 0 Å². The third kappa shape index (κ3) is 2.10. The molecule has 0 fully saturated rings. The van der Waals surface area contributed by atoms with Gasteiger partial charge in [0.2, 0.25) is 0 Å². The van der Waals surface area contributed by atoms with E-state index in [-0.39, 0.29) is 11.1 Å². The number of carbonyl (C=O) groups excluding carboxylic acids is 1. The van der Waals surface area contributed by atoms with Crippen molar-refractivity contribution in [3.05, 3.63) is 47.7 Å². The molecule has 0 unspecified atom stereocenters. The average Bonchev–Trinajstić information content (AvgIpc) is 2.90. The Morgan fingerprint density at radius 3 is 2.61 bits per heavy atom. The van der Waals surface area contributed by atoms with E-state index in [1.807, 2.05) is 0 Å². The summed E-state index contributed by atoms with van der Waals surface area (Å²) in [6.07, 6.45) is 1.45. The van der Waals surface area contributed by atoms with Crippen molar-refractivity contribution in [2.45, 2.75) is 0 Å². The zero-order valence-corrected chi connectivity index (χ0v) is 9.54. The van der Waals surface area contributed by atoms with Crippen LogP contribution in [0.25, 0.3) is 11.3 Å². The number of esters is 1. The molecule has 0 saturated carbocycles. The van der Waals surface area contributed by atoms with Crippen LogP contribution in [-0.2, 0) is 4.74 Å². The van der Waals surface area contributed by atoms with Crippen molar-refractivity contribution < 1.29 is 23.8 Å². The second-order valence-corrected chi connectivity index (χ2v) is 3.53. The van der Waals surface area contributed by atoms with Crippen molar-refractivity contribution in [1.29, 1.82) is 0 Å². The van der Waals surface area contributed by atoms with Crippen LogP contribution in [0, 0.1) is 0 Å². The molecule has 0 saturated heterocycles. The van der Waals surface area contributed by atoms with Crippen molar-refractivity contribution in [2.75, 3.05) is 7.11 Å². The van der Waals surface area contributed by atoms with E-state index < -0.39 is 11.9 Å². The molecule has 0 spiro atoms. The second-order valence-electron chi connectivity index (χ2n) is 3.53. The zero-order valence-electron chi connectivity index (χ0n) is 9.54. The average molecular weight is 246 g/mol. The smallest absolute Gasteiger partial charge is 0.337 e. The Morgan fingerprint density at radius 1 is 1.28 bits per heavy atom. The molecule has 1 heterocycles. The molecule has 0 radical (unpaired) electrons. The first-order valence-corrected chi connectivity index (χ1v) is 5.13. The van der Waals surface area contributed by atoms with E-state index in [1.54, 1.807) is 12.1 Å². The monoisotopic (exact) mass is 246 g/mol. The molecule has 1 N–H and O–H groups in total. The summed E-state index contributed by atoms with van der Waals surface area (Å²) < 4.78 is 9.70. The number of carboxylic acid groups (broad SMARTS) is 1. The van der Waals surface area contributed by atoms with Gasteiger partial charge in [0.25, 0.3) is 0 Å². The summed E-state index contributed by atoms with van der Waals surface area (Å²) in [5.41, 5.74) is 0.596. The first-order chi connectivity index (χ1) is 8.63. The number of carboxylic acids is 1. The van der Waals surface area contributed by atoms with E-state index in [2.05, 4.69) is 4.74 Å². The molecule has 1 aromatic heterocycles. The third-order valence-electron chi connectivity index (χ3n) is 2.46. The Labute approximate surface area is 103 Å². The van der Waals surface area contributed by atoms with Gasteiger partial charge in [0, 0.05) is 5.56 Å². The summed E-state index contributed by atoms with van der Waals surface area (Å²) in [5.74, 6) is -1.28. The summed E-state index contributed by atoms with van der Waals surface area (Å²) in [5, 5.41) is 9.15. The fraction of sp³-hybridized carbons (Fsp3) is 0.0769. The maximum atomic E-state index is 11.3. The van der Waals surface area contributed by atoms with Crippen LogP contribution in [0.5, 0.6) is 0 Å². The minimum Gasteiger partial charge on any atom is -0.478 e. The molecule has 5 nitrogen and oxygen atoms in total. The fourth-order valence-electron chi connectivity index (χ4n) is 1.61. The summed E-state index contributed by atoms with van der Waals surface area (Å²) in [6.45, 7) is 0. The van der Waals surface area contributed by atoms with Crippen molar-refractivity contribution in [3.8, 4) is 11.3 Å². The number of ether oxygens (including phenoxy) is 1. The molecular formula is C13H10O5. The van der Waals surface area contributed by atoms with Gasteiger partial charge in [0.15, 0.2) is 0 Å². The van der Waals surface area contributed by atoms with Crippen LogP contribution in [0.4, 0.5) is 0 Å². The van der Waals surface area contributed by atoms with Gasteiger partial charge in [-0.25, -0.2) is 9.59 Å². The molecule has 0 bridgehead atoms. The van der Waals surface area contributed by atoms with Crippen LogP contribution in [0.1, 0.15) is 20.7 Å². The summed E-state index contributed by atoms with van der Waals surface area (Å²) in [6, 6.07) is 7.60. The van der Waals surface area contributed by atoms with Gasteiger partial charge in [0.05, 0.1) is 24.5 Å². The van der Waals surface area contributed by atoms with E-state index in [0.717, 1.165) is 0 Å². The summed E-state index contributed by atoms with van der Waals surface area (Å²) >= 11 is 0. The predicted octanol–water partition coefficient (Wildman–Crippen LogP) is 2.43. The molecule has 92 valence electrons. The highest BCUT2D eigenvalue weighted by Gasteiger charge is 2.17. The SMILES string of the molecule is COC(=O)c1ccc(-c2ccco2)c(C(=O)O)c1. The minimum atomic E-state index is -1.13. The van der Waals surface area contributed by atoms with Crippen molar-refractivity contribution in [2.24, 2.45) is 0 Å². The Kier molecular flexibility index (Phi) is 3.14. The molecule has 0 aliphatic rings. The largest absolute Gasteiger partial charge is 0.478 e. The molecule has 18 heavy (non-hydrogen) atoms. The number of benzene rings is 1. The molecule has 2 aromatic rings. The van der Waals surface area contributed by atoms with Crippen LogP contribution < -0.4 is 0 Å². The van der Waals surface area contributed by atoms with Gasteiger partial charge in [0.1, 0.15) is 5.76 Å². The van der Waals surface area contributed by atoms with Crippen LogP contribution in [0.15, 0.2) is 41.0 Å². The fourth-order valence-corrected chi connectivity index (χ4v) is 1.61. The van der Waals surface area contributed by atoms with Crippen molar-refractivity contribution in [1.82, 2.24) is 0 Å². The maximum Gasteiger partial charge on any atom is 0.337 e. The first kappa shape index (κ1) is 11.9. The summed E-state index contributed by atoms with van der Waals surface area (Å²) in [4.78, 5) is 22.5. The van der Waals surface area contributed by atoms with E-state index in [9.17, 15) is 9.59 Å². The quantitative estimate of drug-likeness (QED) is 0.841. The lowest BCUT2D eigenvalue weighted by atomic mass is 10.0. The lowest BCUT2D eigenvalue weighted by molar-refractivity contribution is 0.0600. The van der Waals surface area contributed by atoms with Gasteiger partial charge in [-0.1, -0.05) is 0 Å². The molecule has 0 amide bonds. The van der Waals surface area contributed by atoms with Crippen molar-refractivity contribution >= 4 is 11.9 Å². The van der Waals surface area contributed by atoms with Gasteiger partial charge in [-0.3, -0.25) is 0 Å². The summed E-state index contributed by atoms with van der Waals surface area (Å²) in [7, 11) is 1.24.